The molecule has 5 heteroatoms. The zero-order chi connectivity index (χ0) is 11.7. The summed E-state index contributed by atoms with van der Waals surface area (Å²) in [6, 6.07) is 4.71. The summed E-state index contributed by atoms with van der Waals surface area (Å²) in [4.78, 5) is 11.8. The average Bonchev–Trinajstić information content (AvgIpc) is 2.64. The van der Waals surface area contributed by atoms with E-state index >= 15 is 0 Å². The molecule has 0 bridgehead atoms. The van der Waals surface area contributed by atoms with Crippen molar-refractivity contribution in [3.63, 3.8) is 0 Å². The second-order valence-corrected chi connectivity index (χ2v) is 3.88. The average molecular weight is 287 g/mol. The van der Waals surface area contributed by atoms with Gasteiger partial charge in [0.2, 0.25) is 5.78 Å². The van der Waals surface area contributed by atoms with Crippen LogP contribution in [0, 0.1) is 11.6 Å². The molecular weight excluding hydrogens is 282 g/mol. The zero-order valence-corrected chi connectivity index (χ0v) is 9.42. The van der Waals surface area contributed by atoms with Gasteiger partial charge in [-0.1, -0.05) is 6.07 Å². The third-order valence-corrected chi connectivity index (χ3v) is 2.64. The third kappa shape index (κ3) is 1.78. The Labute approximate surface area is 98.0 Å². The molecule has 0 saturated carbocycles. The summed E-state index contributed by atoms with van der Waals surface area (Å²) in [7, 11) is 0. The predicted molar refractivity (Wildman–Crippen MR) is 56.2 cm³/mol. The fourth-order valence-corrected chi connectivity index (χ4v) is 1.67. The molecule has 1 heterocycles. The van der Waals surface area contributed by atoms with E-state index in [1.165, 1.54) is 18.4 Å². The molecule has 1 aromatic heterocycles. The first kappa shape index (κ1) is 11.0. The lowest BCUT2D eigenvalue weighted by atomic mass is 10.1. The Kier molecular flexibility index (Phi) is 2.87. The predicted octanol–water partition coefficient (Wildman–Crippen LogP) is 3.55. The first-order chi connectivity index (χ1) is 7.61. The number of ketones is 1. The van der Waals surface area contributed by atoms with Gasteiger partial charge < -0.3 is 4.42 Å². The van der Waals surface area contributed by atoms with Crippen molar-refractivity contribution in [1.29, 1.82) is 0 Å². The maximum Gasteiger partial charge on any atom is 0.235 e. The second-order valence-electron chi connectivity index (χ2n) is 3.02. The summed E-state index contributed by atoms with van der Waals surface area (Å²) in [6.07, 6.45) is 1.26. The Morgan fingerprint density at radius 3 is 2.31 bits per heavy atom. The highest BCUT2D eigenvalue weighted by atomic mass is 79.9. The standard InChI is InChI=1S/C11H5BrF2O2/c12-6-4-5-16-11(6)10(15)9-7(13)2-1-3-8(9)14/h1-5H. The minimum atomic E-state index is -0.909. The van der Waals surface area contributed by atoms with Crippen molar-refractivity contribution in [3.05, 3.63) is 58.0 Å². The quantitative estimate of drug-likeness (QED) is 0.791. The second kappa shape index (κ2) is 4.17. The Balaban J connectivity index is 2.54. The van der Waals surface area contributed by atoms with Gasteiger partial charge in [-0.25, -0.2) is 8.78 Å². The van der Waals surface area contributed by atoms with Crippen molar-refractivity contribution < 1.29 is 18.0 Å². The van der Waals surface area contributed by atoms with Crippen molar-refractivity contribution in [2.75, 3.05) is 0 Å². The van der Waals surface area contributed by atoms with Crippen molar-refractivity contribution in [1.82, 2.24) is 0 Å². The van der Waals surface area contributed by atoms with Crippen LogP contribution in [0.25, 0.3) is 0 Å². The summed E-state index contributed by atoms with van der Waals surface area (Å²) in [6.45, 7) is 0. The molecule has 0 N–H and O–H groups in total. The molecule has 0 saturated heterocycles. The van der Waals surface area contributed by atoms with Crippen LogP contribution in [0.3, 0.4) is 0 Å². The van der Waals surface area contributed by atoms with Gasteiger partial charge in [0.15, 0.2) is 5.76 Å². The Morgan fingerprint density at radius 1 is 1.19 bits per heavy atom. The van der Waals surface area contributed by atoms with Crippen molar-refractivity contribution in [3.8, 4) is 0 Å². The number of hydrogen-bond donors (Lipinski definition) is 0. The Hall–Kier alpha value is -1.49. The van der Waals surface area contributed by atoms with Crippen LogP contribution < -0.4 is 0 Å². The Bertz CT molecular complexity index is 528. The molecular formula is C11H5BrF2O2. The van der Waals surface area contributed by atoms with Crippen LogP contribution in [0.1, 0.15) is 16.1 Å². The van der Waals surface area contributed by atoms with Crippen LogP contribution in [0.5, 0.6) is 0 Å². The van der Waals surface area contributed by atoms with Crippen LogP contribution in [-0.4, -0.2) is 5.78 Å². The van der Waals surface area contributed by atoms with Crippen LogP contribution in [-0.2, 0) is 0 Å². The van der Waals surface area contributed by atoms with E-state index in [2.05, 4.69) is 15.9 Å². The lowest BCUT2D eigenvalue weighted by Crippen LogP contribution is -2.06. The fraction of sp³-hybridized carbons (Fsp3) is 0. The highest BCUT2D eigenvalue weighted by molar-refractivity contribution is 9.10. The van der Waals surface area contributed by atoms with Crippen LogP contribution in [0.4, 0.5) is 8.78 Å². The first-order valence-corrected chi connectivity index (χ1v) is 5.12. The normalized spacial score (nSPS) is 10.4. The number of halogens is 3. The first-order valence-electron chi connectivity index (χ1n) is 4.33. The third-order valence-electron chi connectivity index (χ3n) is 2.01. The van der Waals surface area contributed by atoms with Crippen molar-refractivity contribution in [2.45, 2.75) is 0 Å². The van der Waals surface area contributed by atoms with E-state index in [9.17, 15) is 13.6 Å². The summed E-state index contributed by atoms with van der Waals surface area (Å²) < 4.78 is 31.8. The van der Waals surface area contributed by atoms with E-state index in [4.69, 9.17) is 4.42 Å². The van der Waals surface area contributed by atoms with Crippen molar-refractivity contribution in [2.24, 2.45) is 0 Å². The SMILES string of the molecule is O=C(c1occc1Br)c1c(F)cccc1F. The largest absolute Gasteiger partial charge is 0.460 e. The highest BCUT2D eigenvalue weighted by Crippen LogP contribution is 2.23. The molecule has 1 aromatic carbocycles. The summed E-state index contributed by atoms with van der Waals surface area (Å²) >= 11 is 3.05. The molecule has 16 heavy (non-hydrogen) atoms. The summed E-state index contributed by atoms with van der Waals surface area (Å²) in [5.41, 5.74) is -0.613. The van der Waals surface area contributed by atoms with Gasteiger partial charge in [0, 0.05) is 0 Å². The summed E-state index contributed by atoms with van der Waals surface area (Å²) in [5.74, 6) is -2.77. The highest BCUT2D eigenvalue weighted by Gasteiger charge is 2.23. The molecule has 0 unspecified atom stereocenters. The lowest BCUT2D eigenvalue weighted by molar-refractivity contribution is 0.1000. The van der Waals surface area contributed by atoms with E-state index in [1.54, 1.807) is 0 Å². The molecule has 82 valence electrons. The van der Waals surface area contributed by atoms with E-state index in [0.717, 1.165) is 12.1 Å². The molecule has 0 atom stereocenters. The molecule has 2 aromatic rings. The number of furan rings is 1. The number of carbonyl (C=O) groups is 1. The topological polar surface area (TPSA) is 30.2 Å². The molecule has 0 aliphatic rings. The summed E-state index contributed by atoms with van der Waals surface area (Å²) in [5, 5.41) is 0. The van der Waals surface area contributed by atoms with Gasteiger partial charge >= 0.3 is 0 Å². The molecule has 0 aliphatic carbocycles. The van der Waals surface area contributed by atoms with Gasteiger partial charge in [0.05, 0.1) is 16.3 Å². The zero-order valence-electron chi connectivity index (χ0n) is 7.84. The number of rotatable bonds is 2. The number of hydrogen-bond acceptors (Lipinski definition) is 2. The van der Waals surface area contributed by atoms with Gasteiger partial charge in [-0.05, 0) is 34.1 Å². The van der Waals surface area contributed by atoms with E-state index in [1.807, 2.05) is 0 Å². The Morgan fingerprint density at radius 2 is 1.81 bits per heavy atom. The molecule has 0 radical (unpaired) electrons. The van der Waals surface area contributed by atoms with E-state index < -0.39 is 23.0 Å². The van der Waals surface area contributed by atoms with E-state index in [0.29, 0.717) is 4.47 Å². The van der Waals surface area contributed by atoms with Gasteiger partial charge in [-0.2, -0.15) is 0 Å². The number of carbonyl (C=O) groups excluding carboxylic acids is 1. The number of benzene rings is 1. The van der Waals surface area contributed by atoms with Gasteiger partial charge in [0.1, 0.15) is 11.6 Å². The van der Waals surface area contributed by atoms with Gasteiger partial charge in [-0.3, -0.25) is 4.79 Å². The smallest absolute Gasteiger partial charge is 0.235 e. The molecule has 0 spiro atoms. The van der Waals surface area contributed by atoms with E-state index in [-0.39, 0.29) is 5.76 Å². The maximum absolute atomic E-state index is 13.3. The monoisotopic (exact) mass is 286 g/mol. The van der Waals surface area contributed by atoms with Gasteiger partial charge in [-0.15, -0.1) is 0 Å². The van der Waals surface area contributed by atoms with Gasteiger partial charge in [0.25, 0.3) is 0 Å². The minimum absolute atomic E-state index is 0.121. The fourth-order valence-electron chi connectivity index (χ4n) is 1.28. The molecule has 2 rings (SSSR count). The van der Waals surface area contributed by atoms with Crippen molar-refractivity contribution >= 4 is 21.7 Å². The van der Waals surface area contributed by atoms with Crippen LogP contribution >= 0.6 is 15.9 Å². The lowest BCUT2D eigenvalue weighted by Gasteiger charge is -2.01. The molecule has 0 amide bonds. The minimum Gasteiger partial charge on any atom is -0.460 e. The van der Waals surface area contributed by atoms with Crippen LogP contribution in [0.2, 0.25) is 0 Å². The molecule has 0 fully saturated rings. The molecule has 0 aliphatic heterocycles. The molecule has 2 nitrogen and oxygen atoms in total. The van der Waals surface area contributed by atoms with Crippen LogP contribution in [0.15, 0.2) is 39.4 Å². The maximum atomic E-state index is 13.3.